The Morgan fingerprint density at radius 3 is 2.22 bits per heavy atom. The molecular weight excluding hydrogens is 466 g/mol. The Morgan fingerprint density at radius 2 is 1.61 bits per heavy atom. The molecule has 186 valence electrons. The second kappa shape index (κ2) is 10.6. The van der Waals surface area contributed by atoms with Gasteiger partial charge >= 0.3 is 0 Å². The molecule has 2 aromatic carbocycles. The molecule has 5 nitrogen and oxygen atoms in total. The zero-order chi connectivity index (χ0) is 26.0. The molecule has 1 aromatic heterocycles. The third-order valence-electron chi connectivity index (χ3n) is 6.70. The monoisotopic (exact) mass is 499 g/mol. The molecule has 1 aliphatic rings. The van der Waals surface area contributed by atoms with E-state index in [9.17, 15) is 9.59 Å². The lowest BCUT2D eigenvalue weighted by Crippen LogP contribution is -2.54. The molecule has 1 aliphatic heterocycles. The van der Waals surface area contributed by atoms with Gasteiger partial charge in [0, 0.05) is 17.1 Å². The highest BCUT2D eigenvalue weighted by atomic mass is 32.1. The van der Waals surface area contributed by atoms with E-state index in [0.29, 0.717) is 11.6 Å². The summed E-state index contributed by atoms with van der Waals surface area (Å²) in [5.74, 6) is -0.530. The second-order valence-electron chi connectivity index (χ2n) is 9.64. The Hall–Kier alpha value is -3.51. The average molecular weight is 500 g/mol. The first-order valence-electron chi connectivity index (χ1n) is 12.5. The summed E-state index contributed by atoms with van der Waals surface area (Å²) >= 11 is 5.36. The van der Waals surface area contributed by atoms with Crippen LogP contribution in [0.5, 0.6) is 0 Å². The number of carbonyl (C=O) groups is 2. The van der Waals surface area contributed by atoms with Gasteiger partial charge in [0.15, 0.2) is 5.11 Å². The van der Waals surface area contributed by atoms with Crippen LogP contribution in [0.4, 0.5) is 5.69 Å². The molecule has 1 fully saturated rings. The van der Waals surface area contributed by atoms with Gasteiger partial charge in [-0.3, -0.25) is 19.8 Å². The standard InChI is InChI=1S/C30H33N3O2S/c1-6-7-8-22-9-13-25(14-10-22)32-20(4)17-24(21(32)5)18-27-28(34)31-30(36)33(29(27)35)26-15-11-23(12-16-26)19(2)3/h9-19H,6-8H2,1-5H3,(H,31,34,36)/b27-18+. The topological polar surface area (TPSA) is 54.3 Å². The number of aromatic nitrogens is 1. The zero-order valence-corrected chi connectivity index (χ0v) is 22.4. The van der Waals surface area contributed by atoms with Crippen LogP contribution in [0.25, 0.3) is 11.8 Å². The number of aryl methyl sites for hydroxylation is 2. The van der Waals surface area contributed by atoms with E-state index in [2.05, 4.69) is 54.9 Å². The first-order valence-corrected chi connectivity index (χ1v) is 12.9. The Balaban J connectivity index is 1.66. The molecule has 0 aliphatic carbocycles. The highest BCUT2D eigenvalue weighted by Gasteiger charge is 2.34. The van der Waals surface area contributed by atoms with Gasteiger partial charge in [-0.2, -0.15) is 0 Å². The van der Waals surface area contributed by atoms with Crippen molar-refractivity contribution in [3.8, 4) is 5.69 Å². The number of nitrogens with one attached hydrogen (secondary N) is 1. The number of unbranched alkanes of at least 4 members (excludes halogenated alkanes) is 1. The van der Waals surface area contributed by atoms with E-state index >= 15 is 0 Å². The van der Waals surface area contributed by atoms with E-state index in [-0.39, 0.29) is 10.7 Å². The maximum atomic E-state index is 13.5. The molecule has 0 spiro atoms. The minimum atomic E-state index is -0.481. The molecule has 1 N–H and O–H groups in total. The number of rotatable bonds is 7. The zero-order valence-electron chi connectivity index (χ0n) is 21.6. The number of carbonyl (C=O) groups excluding carboxylic acids is 2. The van der Waals surface area contributed by atoms with Gasteiger partial charge in [-0.1, -0.05) is 51.5 Å². The molecule has 0 bridgehead atoms. The third kappa shape index (κ3) is 5.05. The molecule has 3 aromatic rings. The minimum absolute atomic E-state index is 0.0618. The van der Waals surface area contributed by atoms with E-state index in [0.717, 1.165) is 29.1 Å². The van der Waals surface area contributed by atoms with Crippen LogP contribution in [0.3, 0.4) is 0 Å². The van der Waals surface area contributed by atoms with Gasteiger partial charge in [-0.05, 0) is 97.9 Å². The van der Waals surface area contributed by atoms with E-state index in [1.807, 2.05) is 44.2 Å². The molecule has 2 heterocycles. The number of benzene rings is 2. The summed E-state index contributed by atoms with van der Waals surface area (Å²) in [4.78, 5) is 27.7. The number of amides is 2. The van der Waals surface area contributed by atoms with Crippen molar-refractivity contribution >= 4 is 40.9 Å². The van der Waals surface area contributed by atoms with Crippen molar-refractivity contribution in [2.45, 2.75) is 59.8 Å². The summed E-state index contributed by atoms with van der Waals surface area (Å²) in [6.45, 7) is 10.5. The fourth-order valence-electron chi connectivity index (χ4n) is 4.58. The van der Waals surface area contributed by atoms with Crippen molar-refractivity contribution in [2.24, 2.45) is 0 Å². The molecule has 36 heavy (non-hydrogen) atoms. The summed E-state index contributed by atoms with van der Waals surface area (Å²) in [7, 11) is 0. The summed E-state index contributed by atoms with van der Waals surface area (Å²) in [5.41, 5.74) is 7.06. The molecule has 1 saturated heterocycles. The maximum absolute atomic E-state index is 13.5. The summed E-state index contributed by atoms with van der Waals surface area (Å²) < 4.78 is 2.15. The van der Waals surface area contributed by atoms with Crippen molar-refractivity contribution in [1.82, 2.24) is 9.88 Å². The molecule has 4 rings (SSSR count). The average Bonchev–Trinajstić information content (AvgIpc) is 3.13. The van der Waals surface area contributed by atoms with Crippen LogP contribution >= 0.6 is 12.2 Å². The van der Waals surface area contributed by atoms with E-state index < -0.39 is 11.8 Å². The van der Waals surface area contributed by atoms with Crippen molar-refractivity contribution < 1.29 is 9.59 Å². The number of thiocarbonyl (C=S) groups is 1. The highest BCUT2D eigenvalue weighted by molar-refractivity contribution is 7.80. The first kappa shape index (κ1) is 25.6. The fourth-order valence-corrected chi connectivity index (χ4v) is 4.86. The molecule has 0 saturated carbocycles. The quantitative estimate of drug-likeness (QED) is 0.233. The smallest absolute Gasteiger partial charge is 0.270 e. The SMILES string of the molecule is CCCCc1ccc(-n2c(C)cc(/C=C3\C(=O)NC(=S)N(c4ccc(C(C)C)cc4)C3=O)c2C)cc1. The first-order chi connectivity index (χ1) is 17.2. The molecule has 0 radical (unpaired) electrons. The van der Waals surface area contributed by atoms with Crippen molar-refractivity contribution in [1.29, 1.82) is 0 Å². The second-order valence-corrected chi connectivity index (χ2v) is 10.0. The predicted octanol–water partition coefficient (Wildman–Crippen LogP) is 6.39. The Kier molecular flexibility index (Phi) is 7.55. The van der Waals surface area contributed by atoms with Gasteiger partial charge in [-0.25, -0.2) is 0 Å². The Morgan fingerprint density at radius 1 is 0.972 bits per heavy atom. The number of anilines is 1. The van der Waals surface area contributed by atoms with Crippen LogP contribution in [0.15, 0.2) is 60.2 Å². The molecule has 0 atom stereocenters. The van der Waals surface area contributed by atoms with E-state index in [1.165, 1.54) is 28.9 Å². The van der Waals surface area contributed by atoms with Crippen molar-refractivity contribution in [2.75, 3.05) is 4.90 Å². The summed E-state index contributed by atoms with van der Waals surface area (Å²) in [5, 5.41) is 2.77. The van der Waals surface area contributed by atoms with E-state index in [4.69, 9.17) is 12.2 Å². The third-order valence-corrected chi connectivity index (χ3v) is 6.99. The number of hydrogen-bond acceptors (Lipinski definition) is 3. The van der Waals surface area contributed by atoms with Gasteiger partial charge in [0.25, 0.3) is 11.8 Å². The van der Waals surface area contributed by atoms with Gasteiger partial charge in [-0.15, -0.1) is 0 Å². The normalized spacial score (nSPS) is 15.2. The van der Waals surface area contributed by atoms with Crippen LogP contribution in [-0.4, -0.2) is 21.5 Å². The minimum Gasteiger partial charge on any atom is -0.318 e. The fraction of sp³-hybridized carbons (Fsp3) is 0.300. The predicted molar refractivity (Wildman–Crippen MR) is 151 cm³/mol. The Labute approximate surface area is 218 Å². The maximum Gasteiger partial charge on any atom is 0.270 e. The van der Waals surface area contributed by atoms with Crippen LogP contribution < -0.4 is 10.2 Å². The van der Waals surface area contributed by atoms with Crippen LogP contribution in [0.2, 0.25) is 0 Å². The van der Waals surface area contributed by atoms with Crippen LogP contribution in [0.1, 0.15) is 67.6 Å². The molecule has 6 heteroatoms. The largest absolute Gasteiger partial charge is 0.318 e. The van der Waals surface area contributed by atoms with Gasteiger partial charge in [0.1, 0.15) is 5.57 Å². The summed E-state index contributed by atoms with van der Waals surface area (Å²) in [6, 6.07) is 18.3. The Bertz CT molecular complexity index is 1330. The number of nitrogens with zero attached hydrogens (tertiary/aromatic N) is 2. The highest BCUT2D eigenvalue weighted by Crippen LogP contribution is 2.27. The van der Waals surface area contributed by atoms with Crippen molar-refractivity contribution in [3.05, 3.63) is 88.2 Å². The van der Waals surface area contributed by atoms with Crippen LogP contribution in [0, 0.1) is 13.8 Å². The van der Waals surface area contributed by atoms with Crippen molar-refractivity contribution in [3.63, 3.8) is 0 Å². The lowest BCUT2D eigenvalue weighted by Gasteiger charge is -2.29. The number of hydrogen-bond donors (Lipinski definition) is 1. The van der Waals surface area contributed by atoms with Crippen LogP contribution in [-0.2, 0) is 16.0 Å². The molecule has 2 amide bonds. The lowest BCUT2D eigenvalue weighted by molar-refractivity contribution is -0.122. The molecule has 0 unspecified atom stereocenters. The van der Waals surface area contributed by atoms with E-state index in [1.54, 1.807) is 6.08 Å². The molecular formula is C30H33N3O2S. The lowest BCUT2D eigenvalue weighted by atomic mass is 10.0. The van der Waals surface area contributed by atoms with Gasteiger partial charge in [0.2, 0.25) is 0 Å². The summed E-state index contributed by atoms with van der Waals surface area (Å²) in [6.07, 6.45) is 5.10. The van der Waals surface area contributed by atoms with Gasteiger partial charge in [0.05, 0.1) is 5.69 Å². The van der Waals surface area contributed by atoms with Gasteiger partial charge < -0.3 is 4.57 Å².